The lowest BCUT2D eigenvalue weighted by Gasteiger charge is -2.35. The molecule has 0 radical (unpaired) electrons. The van der Waals surface area contributed by atoms with Crippen LogP contribution in [0.1, 0.15) is 25.8 Å². The average molecular weight is 237 g/mol. The third-order valence-corrected chi connectivity index (χ3v) is 3.36. The zero-order valence-corrected chi connectivity index (χ0v) is 11.1. The molecular weight excluding hydrogens is 214 g/mol. The summed E-state index contributed by atoms with van der Waals surface area (Å²) in [6.07, 6.45) is 0.583. The van der Waals surface area contributed by atoms with Gasteiger partial charge in [-0.05, 0) is 26.6 Å². The van der Waals surface area contributed by atoms with Crippen LogP contribution < -0.4 is 0 Å². The van der Waals surface area contributed by atoms with Crippen molar-refractivity contribution >= 4 is 0 Å². The number of nitrogens with zero attached hydrogens (tertiary/aromatic N) is 1. The molecule has 3 heteroatoms. The molecule has 0 amide bonds. The van der Waals surface area contributed by atoms with Gasteiger partial charge in [0.05, 0.1) is 5.60 Å². The van der Waals surface area contributed by atoms with Gasteiger partial charge in [-0.3, -0.25) is 0 Å². The number of phenolic OH excluding ortho intramolecular Hbond substituents is 1. The van der Waals surface area contributed by atoms with Gasteiger partial charge in [-0.2, -0.15) is 0 Å². The second-order valence-corrected chi connectivity index (χ2v) is 4.96. The minimum atomic E-state index is -0.977. The highest BCUT2D eigenvalue weighted by molar-refractivity contribution is 5.37. The summed E-state index contributed by atoms with van der Waals surface area (Å²) in [5, 5.41) is 20.7. The maximum absolute atomic E-state index is 10.8. The molecule has 3 nitrogen and oxygen atoms in total. The highest BCUT2D eigenvalue weighted by atomic mass is 16.3. The molecule has 0 aliphatic rings. The van der Waals surface area contributed by atoms with E-state index in [1.54, 1.807) is 18.2 Å². The van der Waals surface area contributed by atoms with Gasteiger partial charge < -0.3 is 15.1 Å². The van der Waals surface area contributed by atoms with Crippen LogP contribution in [0.3, 0.4) is 0 Å². The molecule has 0 fully saturated rings. The Morgan fingerprint density at radius 3 is 2.35 bits per heavy atom. The fourth-order valence-corrected chi connectivity index (χ4v) is 2.34. The molecule has 2 unspecified atom stereocenters. The van der Waals surface area contributed by atoms with E-state index in [1.165, 1.54) is 0 Å². The molecule has 1 rings (SSSR count). The van der Waals surface area contributed by atoms with Crippen LogP contribution in [0, 0.1) is 5.92 Å². The number of hydrogen-bond donors (Lipinski definition) is 2. The first-order valence-electron chi connectivity index (χ1n) is 6.07. The number of phenols is 1. The van der Waals surface area contributed by atoms with Gasteiger partial charge in [0.15, 0.2) is 0 Å². The van der Waals surface area contributed by atoms with E-state index < -0.39 is 5.60 Å². The Labute approximate surface area is 104 Å². The zero-order chi connectivity index (χ0) is 13.1. The Morgan fingerprint density at radius 2 is 1.88 bits per heavy atom. The lowest BCUT2D eigenvalue weighted by atomic mass is 9.79. The van der Waals surface area contributed by atoms with Crippen molar-refractivity contribution in [2.45, 2.75) is 25.9 Å². The van der Waals surface area contributed by atoms with Crippen molar-refractivity contribution in [1.29, 1.82) is 0 Å². The first kappa shape index (κ1) is 14.0. The van der Waals surface area contributed by atoms with Crippen LogP contribution in [-0.2, 0) is 5.60 Å². The van der Waals surface area contributed by atoms with Crippen molar-refractivity contribution in [2.75, 3.05) is 20.6 Å². The minimum Gasteiger partial charge on any atom is -0.508 e. The first-order valence-corrected chi connectivity index (χ1v) is 6.07. The fraction of sp³-hybridized carbons (Fsp3) is 0.571. The molecular formula is C14H23NO2. The van der Waals surface area contributed by atoms with Crippen molar-refractivity contribution in [3.63, 3.8) is 0 Å². The zero-order valence-electron chi connectivity index (χ0n) is 11.1. The topological polar surface area (TPSA) is 43.7 Å². The lowest BCUT2D eigenvalue weighted by molar-refractivity contribution is -0.0308. The molecule has 2 atom stereocenters. The molecule has 2 N–H and O–H groups in total. The summed E-state index contributed by atoms with van der Waals surface area (Å²) >= 11 is 0. The molecule has 0 saturated heterocycles. The molecule has 1 aromatic rings. The molecule has 0 bridgehead atoms. The van der Waals surface area contributed by atoms with Gasteiger partial charge in [-0.1, -0.05) is 32.0 Å². The fourth-order valence-electron chi connectivity index (χ4n) is 2.34. The van der Waals surface area contributed by atoms with Crippen LogP contribution in [0.15, 0.2) is 24.3 Å². The van der Waals surface area contributed by atoms with Crippen molar-refractivity contribution in [2.24, 2.45) is 5.92 Å². The molecule has 17 heavy (non-hydrogen) atoms. The predicted molar refractivity (Wildman–Crippen MR) is 70.0 cm³/mol. The van der Waals surface area contributed by atoms with E-state index in [-0.39, 0.29) is 11.7 Å². The third-order valence-electron chi connectivity index (χ3n) is 3.36. The molecule has 96 valence electrons. The predicted octanol–water partition coefficient (Wildman–Crippen LogP) is 2.19. The smallest absolute Gasteiger partial charge is 0.121 e. The van der Waals surface area contributed by atoms with E-state index in [1.807, 2.05) is 38.9 Å². The summed E-state index contributed by atoms with van der Waals surface area (Å²) in [7, 11) is 3.97. The number of aromatic hydroxyl groups is 1. The van der Waals surface area contributed by atoms with Crippen molar-refractivity contribution in [3.8, 4) is 5.75 Å². The van der Waals surface area contributed by atoms with Gasteiger partial charge >= 0.3 is 0 Å². The number of aliphatic hydroxyl groups is 1. The van der Waals surface area contributed by atoms with Gasteiger partial charge in [-0.25, -0.2) is 0 Å². The van der Waals surface area contributed by atoms with Crippen molar-refractivity contribution in [3.05, 3.63) is 29.8 Å². The number of hydrogen-bond acceptors (Lipinski definition) is 3. The second kappa shape index (κ2) is 5.52. The van der Waals surface area contributed by atoms with Crippen LogP contribution in [0.2, 0.25) is 0 Å². The normalized spacial score (nSPS) is 16.8. The van der Waals surface area contributed by atoms with E-state index >= 15 is 0 Å². The number of rotatable bonds is 5. The monoisotopic (exact) mass is 237 g/mol. The van der Waals surface area contributed by atoms with Crippen LogP contribution >= 0.6 is 0 Å². The number of para-hydroxylation sites is 1. The Balaban J connectivity index is 3.07. The quantitative estimate of drug-likeness (QED) is 0.825. The van der Waals surface area contributed by atoms with Gasteiger partial charge in [-0.15, -0.1) is 0 Å². The first-order chi connectivity index (χ1) is 7.91. The summed E-state index contributed by atoms with van der Waals surface area (Å²) in [4.78, 5) is 2.05. The van der Waals surface area contributed by atoms with Gasteiger partial charge in [0.25, 0.3) is 0 Å². The summed E-state index contributed by atoms with van der Waals surface area (Å²) in [5.41, 5.74) is -0.354. The SMILES string of the molecule is CCC(O)(c1ccccc1O)C(C)CN(C)C. The summed E-state index contributed by atoms with van der Waals surface area (Å²) < 4.78 is 0. The van der Waals surface area contributed by atoms with Crippen LogP contribution in [0.4, 0.5) is 0 Å². The summed E-state index contributed by atoms with van der Waals surface area (Å²) in [5.74, 6) is 0.221. The van der Waals surface area contributed by atoms with E-state index in [9.17, 15) is 10.2 Å². The minimum absolute atomic E-state index is 0.0517. The van der Waals surface area contributed by atoms with E-state index in [4.69, 9.17) is 0 Å². The highest BCUT2D eigenvalue weighted by Crippen LogP contribution is 2.37. The van der Waals surface area contributed by atoms with E-state index in [2.05, 4.69) is 0 Å². The molecule has 0 heterocycles. The molecule has 0 aromatic heterocycles. The third kappa shape index (κ3) is 2.99. The lowest BCUT2D eigenvalue weighted by Crippen LogP contribution is -2.38. The Morgan fingerprint density at radius 1 is 1.29 bits per heavy atom. The molecule has 1 aromatic carbocycles. The number of benzene rings is 1. The van der Waals surface area contributed by atoms with E-state index in [0.29, 0.717) is 12.0 Å². The van der Waals surface area contributed by atoms with E-state index in [0.717, 1.165) is 6.54 Å². The van der Waals surface area contributed by atoms with Gasteiger partial charge in [0.1, 0.15) is 5.75 Å². The van der Waals surface area contributed by atoms with Crippen LogP contribution in [0.25, 0.3) is 0 Å². The average Bonchev–Trinajstić information content (AvgIpc) is 2.27. The molecule has 0 aliphatic carbocycles. The van der Waals surface area contributed by atoms with Crippen molar-refractivity contribution in [1.82, 2.24) is 4.90 Å². The highest BCUT2D eigenvalue weighted by Gasteiger charge is 2.35. The van der Waals surface area contributed by atoms with Gasteiger partial charge in [0, 0.05) is 18.0 Å². The Bertz CT molecular complexity index is 365. The molecule has 0 saturated carbocycles. The molecule has 0 spiro atoms. The van der Waals surface area contributed by atoms with Crippen LogP contribution in [-0.4, -0.2) is 35.8 Å². The Kier molecular flexibility index (Phi) is 4.54. The van der Waals surface area contributed by atoms with Crippen molar-refractivity contribution < 1.29 is 10.2 Å². The maximum Gasteiger partial charge on any atom is 0.121 e. The summed E-state index contributed by atoms with van der Waals surface area (Å²) in [6, 6.07) is 7.03. The largest absolute Gasteiger partial charge is 0.508 e. The molecule has 0 aliphatic heterocycles. The maximum atomic E-state index is 10.8. The standard InChI is InChI=1S/C14H23NO2/c1-5-14(17,11(2)10-15(3)4)12-8-6-7-9-13(12)16/h6-9,11,16-17H,5,10H2,1-4H3. The van der Waals surface area contributed by atoms with Crippen LogP contribution in [0.5, 0.6) is 5.75 Å². The van der Waals surface area contributed by atoms with Gasteiger partial charge in [0.2, 0.25) is 0 Å². The summed E-state index contributed by atoms with van der Waals surface area (Å²) in [6.45, 7) is 4.73. The second-order valence-electron chi connectivity index (χ2n) is 4.96. The Hall–Kier alpha value is -1.06.